The third-order valence-electron chi connectivity index (χ3n) is 2.67. The minimum absolute atomic E-state index is 0.0555. The number of alkyl halides is 3. The molecule has 0 saturated heterocycles. The number of carbonyl (C=O) groups is 1. The number of nitrogen functional groups attached to an aromatic ring is 1. The summed E-state index contributed by atoms with van der Waals surface area (Å²) in [6, 6.07) is 2.67. The second kappa shape index (κ2) is 5.33. The fraction of sp³-hybridized carbons (Fsp3) is 0.0769. The van der Waals surface area contributed by atoms with Gasteiger partial charge in [-0.15, -0.1) is 0 Å². The Morgan fingerprint density at radius 1 is 1.19 bits per heavy atom. The Morgan fingerprint density at radius 3 is 2.48 bits per heavy atom. The van der Waals surface area contributed by atoms with Crippen LogP contribution in [-0.2, 0) is 6.18 Å². The van der Waals surface area contributed by atoms with Gasteiger partial charge in [-0.25, -0.2) is 9.37 Å². The van der Waals surface area contributed by atoms with Gasteiger partial charge in [0.2, 0.25) is 0 Å². The normalized spacial score (nSPS) is 11.5. The summed E-state index contributed by atoms with van der Waals surface area (Å²) in [6.07, 6.45) is -3.53. The lowest BCUT2D eigenvalue weighted by Crippen LogP contribution is -2.12. The van der Waals surface area contributed by atoms with E-state index in [9.17, 15) is 22.4 Å². The lowest BCUT2D eigenvalue weighted by atomic mass is 10.0. The van der Waals surface area contributed by atoms with Crippen molar-refractivity contribution in [2.75, 3.05) is 5.73 Å². The average molecular weight is 319 g/mol. The number of benzene rings is 1. The first-order chi connectivity index (χ1) is 9.70. The van der Waals surface area contributed by atoms with Crippen LogP contribution in [0.4, 0.5) is 23.4 Å². The summed E-state index contributed by atoms with van der Waals surface area (Å²) < 4.78 is 51.5. The smallest absolute Gasteiger partial charge is 0.383 e. The van der Waals surface area contributed by atoms with Crippen molar-refractivity contribution >= 4 is 23.2 Å². The summed E-state index contributed by atoms with van der Waals surface area (Å²) in [4.78, 5) is 15.7. The standard InChI is InChI=1S/C13H7ClF4N2O/c14-7-4-9(12(19)20-5-7)11(21)8-3-6(13(16,17)18)1-2-10(8)15/h1-5H,(H2,19,20). The first kappa shape index (κ1) is 15.2. The van der Waals surface area contributed by atoms with Crippen LogP contribution in [0.1, 0.15) is 21.5 Å². The number of hydrogen-bond donors (Lipinski definition) is 1. The Kier molecular flexibility index (Phi) is 3.87. The summed E-state index contributed by atoms with van der Waals surface area (Å²) in [5.74, 6) is -2.36. The monoisotopic (exact) mass is 318 g/mol. The Hall–Kier alpha value is -2.15. The van der Waals surface area contributed by atoms with Crippen LogP contribution in [0.15, 0.2) is 30.5 Å². The van der Waals surface area contributed by atoms with Crippen LogP contribution in [0.3, 0.4) is 0 Å². The van der Waals surface area contributed by atoms with Crippen molar-refractivity contribution in [2.24, 2.45) is 0 Å². The second-order valence-electron chi connectivity index (χ2n) is 4.11. The summed E-state index contributed by atoms with van der Waals surface area (Å²) in [7, 11) is 0. The van der Waals surface area contributed by atoms with Crippen LogP contribution < -0.4 is 5.73 Å². The molecule has 3 nitrogen and oxygen atoms in total. The molecule has 0 radical (unpaired) electrons. The molecule has 2 aromatic rings. The molecule has 21 heavy (non-hydrogen) atoms. The molecule has 0 fully saturated rings. The minimum Gasteiger partial charge on any atom is -0.383 e. The molecule has 8 heteroatoms. The second-order valence-corrected chi connectivity index (χ2v) is 4.54. The van der Waals surface area contributed by atoms with Crippen LogP contribution in [0.25, 0.3) is 0 Å². The van der Waals surface area contributed by atoms with E-state index in [4.69, 9.17) is 17.3 Å². The van der Waals surface area contributed by atoms with Crippen LogP contribution >= 0.6 is 11.6 Å². The highest BCUT2D eigenvalue weighted by atomic mass is 35.5. The zero-order valence-corrected chi connectivity index (χ0v) is 11.0. The number of hydrogen-bond acceptors (Lipinski definition) is 3. The van der Waals surface area contributed by atoms with Gasteiger partial charge in [-0.3, -0.25) is 4.79 Å². The molecule has 0 spiro atoms. The molecular weight excluding hydrogens is 312 g/mol. The highest BCUT2D eigenvalue weighted by Crippen LogP contribution is 2.31. The molecule has 1 aromatic heterocycles. The first-order valence-electron chi connectivity index (χ1n) is 5.52. The molecule has 0 amide bonds. The van der Waals surface area contributed by atoms with Gasteiger partial charge < -0.3 is 5.73 Å². The fourth-order valence-electron chi connectivity index (χ4n) is 1.65. The van der Waals surface area contributed by atoms with Gasteiger partial charge in [0.25, 0.3) is 0 Å². The number of ketones is 1. The van der Waals surface area contributed by atoms with Crippen LogP contribution in [0.5, 0.6) is 0 Å². The molecule has 1 heterocycles. The van der Waals surface area contributed by atoms with Gasteiger partial charge in [0, 0.05) is 6.20 Å². The van der Waals surface area contributed by atoms with E-state index in [1.807, 2.05) is 0 Å². The molecule has 0 atom stereocenters. The van der Waals surface area contributed by atoms with E-state index in [-0.39, 0.29) is 16.4 Å². The van der Waals surface area contributed by atoms with Crippen LogP contribution in [-0.4, -0.2) is 10.8 Å². The van der Waals surface area contributed by atoms with E-state index in [0.717, 1.165) is 12.3 Å². The van der Waals surface area contributed by atoms with E-state index < -0.39 is 28.9 Å². The maximum atomic E-state index is 13.6. The average Bonchev–Trinajstić information content (AvgIpc) is 2.40. The SMILES string of the molecule is Nc1ncc(Cl)cc1C(=O)c1cc(C(F)(F)F)ccc1F. The summed E-state index contributed by atoms with van der Waals surface area (Å²) in [5.41, 5.74) is 3.32. The number of nitrogens with two attached hydrogens (primary N) is 1. The molecule has 0 aliphatic rings. The van der Waals surface area contributed by atoms with E-state index in [1.54, 1.807) is 0 Å². The first-order valence-corrected chi connectivity index (χ1v) is 5.90. The molecular formula is C13H7ClF4N2O. The van der Waals surface area contributed by atoms with Crippen molar-refractivity contribution in [1.29, 1.82) is 0 Å². The zero-order chi connectivity index (χ0) is 15.8. The summed E-state index contributed by atoms with van der Waals surface area (Å²) in [6.45, 7) is 0. The van der Waals surface area contributed by atoms with E-state index in [0.29, 0.717) is 18.2 Å². The lowest BCUT2D eigenvalue weighted by molar-refractivity contribution is -0.137. The van der Waals surface area contributed by atoms with Gasteiger partial charge in [-0.1, -0.05) is 11.6 Å². The predicted octanol–water partition coefficient (Wildman–Crippen LogP) is 3.71. The number of carbonyl (C=O) groups excluding carboxylic acids is 1. The Balaban J connectivity index is 2.55. The highest BCUT2D eigenvalue weighted by molar-refractivity contribution is 6.31. The number of pyridine rings is 1. The van der Waals surface area contributed by atoms with Gasteiger partial charge in [0.1, 0.15) is 11.6 Å². The number of halogens is 5. The number of rotatable bonds is 2. The van der Waals surface area contributed by atoms with Crippen LogP contribution in [0, 0.1) is 5.82 Å². The summed E-state index contributed by atoms with van der Waals surface area (Å²) >= 11 is 5.65. The molecule has 0 unspecified atom stereocenters. The Labute approximate surface area is 121 Å². The topological polar surface area (TPSA) is 56.0 Å². The van der Waals surface area contributed by atoms with Crippen molar-refractivity contribution < 1.29 is 22.4 Å². The van der Waals surface area contributed by atoms with Gasteiger partial charge >= 0.3 is 6.18 Å². The van der Waals surface area contributed by atoms with Gasteiger partial charge in [-0.05, 0) is 24.3 Å². The van der Waals surface area contributed by atoms with E-state index >= 15 is 0 Å². The predicted molar refractivity (Wildman–Crippen MR) is 68.5 cm³/mol. The quantitative estimate of drug-likeness (QED) is 0.678. The zero-order valence-electron chi connectivity index (χ0n) is 10.2. The number of aromatic nitrogens is 1. The van der Waals surface area contributed by atoms with Crippen molar-refractivity contribution in [3.8, 4) is 0 Å². The molecule has 2 N–H and O–H groups in total. The van der Waals surface area contributed by atoms with Crippen molar-refractivity contribution in [3.63, 3.8) is 0 Å². The number of nitrogens with zero attached hydrogens (tertiary/aromatic N) is 1. The maximum Gasteiger partial charge on any atom is 0.416 e. The molecule has 2 rings (SSSR count). The van der Waals surface area contributed by atoms with Crippen LogP contribution in [0.2, 0.25) is 5.02 Å². The highest BCUT2D eigenvalue weighted by Gasteiger charge is 2.32. The molecule has 0 aliphatic heterocycles. The third-order valence-corrected chi connectivity index (χ3v) is 2.87. The van der Waals surface area contributed by atoms with Crippen molar-refractivity contribution in [3.05, 3.63) is 58.0 Å². The van der Waals surface area contributed by atoms with Crippen molar-refractivity contribution in [1.82, 2.24) is 4.98 Å². The van der Waals surface area contributed by atoms with E-state index in [2.05, 4.69) is 4.98 Å². The maximum absolute atomic E-state index is 13.6. The summed E-state index contributed by atoms with van der Waals surface area (Å²) in [5, 5.41) is 0.0555. The lowest BCUT2D eigenvalue weighted by Gasteiger charge is -2.10. The van der Waals surface area contributed by atoms with E-state index in [1.165, 1.54) is 0 Å². The minimum atomic E-state index is -4.69. The largest absolute Gasteiger partial charge is 0.416 e. The Morgan fingerprint density at radius 2 is 1.86 bits per heavy atom. The molecule has 0 aliphatic carbocycles. The molecule has 110 valence electrons. The molecule has 0 saturated carbocycles. The van der Waals surface area contributed by atoms with Crippen molar-refractivity contribution in [2.45, 2.75) is 6.18 Å². The number of anilines is 1. The molecule has 1 aromatic carbocycles. The van der Waals surface area contributed by atoms with Gasteiger partial charge in [-0.2, -0.15) is 13.2 Å². The third kappa shape index (κ3) is 3.13. The fourth-order valence-corrected chi connectivity index (χ4v) is 1.81. The van der Waals surface area contributed by atoms with Gasteiger partial charge in [0.05, 0.1) is 21.7 Å². The Bertz CT molecular complexity index is 716. The van der Waals surface area contributed by atoms with Gasteiger partial charge in [0.15, 0.2) is 5.78 Å². The molecule has 0 bridgehead atoms.